The maximum Gasteiger partial charge on any atom is 0.433 e. The first-order valence-electron chi connectivity index (χ1n) is 8.01. The third-order valence-corrected chi connectivity index (χ3v) is 3.79. The van der Waals surface area contributed by atoms with E-state index >= 15 is 0 Å². The summed E-state index contributed by atoms with van der Waals surface area (Å²) in [6, 6.07) is 2.56. The lowest BCUT2D eigenvalue weighted by molar-refractivity contribution is -0.401. The van der Waals surface area contributed by atoms with Crippen LogP contribution >= 0.6 is 0 Å². The van der Waals surface area contributed by atoms with Crippen molar-refractivity contribution in [1.29, 1.82) is 0 Å². The molecule has 0 aliphatic heterocycles. The molecule has 0 amide bonds. The van der Waals surface area contributed by atoms with Crippen molar-refractivity contribution in [3.8, 4) is 11.5 Å². The largest absolute Gasteiger partial charge is 0.458 e. The van der Waals surface area contributed by atoms with Crippen molar-refractivity contribution in [1.82, 2.24) is 10.1 Å². The van der Waals surface area contributed by atoms with Gasteiger partial charge in [0.2, 0.25) is 0 Å². The van der Waals surface area contributed by atoms with Gasteiger partial charge in [0.05, 0.1) is 6.07 Å². The second kappa shape index (κ2) is 7.93. The number of aromatic nitrogens is 1. The molecule has 2 aromatic heterocycles. The lowest BCUT2D eigenvalue weighted by Crippen LogP contribution is -2.33. The van der Waals surface area contributed by atoms with Crippen molar-refractivity contribution in [3.05, 3.63) is 33.6 Å². The zero-order valence-electron chi connectivity index (χ0n) is 14.6. The van der Waals surface area contributed by atoms with E-state index in [4.69, 9.17) is 13.7 Å². The summed E-state index contributed by atoms with van der Waals surface area (Å²) in [5.74, 6) is -0.710. The molecular weight excluding hydrogens is 330 g/mol. The number of carbonyl (C=O) groups excluding carboxylic acids is 1. The molecule has 1 atom stereocenters. The molecule has 2 rings (SSSR count). The van der Waals surface area contributed by atoms with E-state index in [0.717, 1.165) is 13.1 Å². The summed E-state index contributed by atoms with van der Waals surface area (Å²) >= 11 is 0. The molecule has 0 saturated carbocycles. The molecule has 2 aromatic rings. The summed E-state index contributed by atoms with van der Waals surface area (Å²) in [5, 5.41) is 14.5. The SMILES string of the molecule is CCN(CC)CC(C)OC(=O)c1c(-c2ccc([N+](=O)[O-])o2)noc1C. The van der Waals surface area contributed by atoms with Crippen LogP contribution < -0.4 is 0 Å². The zero-order valence-corrected chi connectivity index (χ0v) is 14.6. The van der Waals surface area contributed by atoms with Gasteiger partial charge in [-0.2, -0.15) is 0 Å². The van der Waals surface area contributed by atoms with Crippen LogP contribution in [-0.4, -0.2) is 46.7 Å². The van der Waals surface area contributed by atoms with Gasteiger partial charge in [-0.05, 0) is 33.0 Å². The fourth-order valence-corrected chi connectivity index (χ4v) is 2.46. The number of rotatable bonds is 8. The summed E-state index contributed by atoms with van der Waals surface area (Å²) in [4.78, 5) is 24.7. The van der Waals surface area contributed by atoms with Gasteiger partial charge in [0.25, 0.3) is 0 Å². The number of nitro groups is 1. The van der Waals surface area contributed by atoms with Crippen molar-refractivity contribution >= 4 is 11.9 Å². The third kappa shape index (κ3) is 4.24. The van der Waals surface area contributed by atoms with Crippen LogP contribution in [-0.2, 0) is 4.74 Å². The molecule has 0 bridgehead atoms. The number of hydrogen-bond donors (Lipinski definition) is 0. The van der Waals surface area contributed by atoms with Gasteiger partial charge in [-0.15, -0.1) is 0 Å². The third-order valence-electron chi connectivity index (χ3n) is 3.79. The Labute approximate surface area is 144 Å². The molecule has 2 heterocycles. The van der Waals surface area contributed by atoms with Crippen molar-refractivity contribution < 1.29 is 23.4 Å². The predicted octanol–water partition coefficient (Wildman–Crippen LogP) is 3.04. The zero-order chi connectivity index (χ0) is 18.6. The average molecular weight is 351 g/mol. The van der Waals surface area contributed by atoms with Crippen LogP contribution in [0.25, 0.3) is 11.5 Å². The lowest BCUT2D eigenvalue weighted by atomic mass is 10.1. The Balaban J connectivity index is 2.20. The monoisotopic (exact) mass is 351 g/mol. The molecule has 0 saturated heterocycles. The highest BCUT2D eigenvalue weighted by atomic mass is 16.6. The Kier molecular flexibility index (Phi) is 5.92. The van der Waals surface area contributed by atoms with Crippen LogP contribution in [0.5, 0.6) is 0 Å². The molecule has 0 aliphatic rings. The second-order valence-electron chi connectivity index (χ2n) is 5.56. The topological polar surface area (TPSA) is 112 Å². The Morgan fingerprint density at radius 1 is 1.40 bits per heavy atom. The van der Waals surface area contributed by atoms with Crippen molar-refractivity contribution in [2.24, 2.45) is 0 Å². The van der Waals surface area contributed by atoms with E-state index in [0.29, 0.717) is 6.54 Å². The van der Waals surface area contributed by atoms with E-state index in [-0.39, 0.29) is 28.9 Å². The number of hydrogen-bond acceptors (Lipinski definition) is 8. The van der Waals surface area contributed by atoms with E-state index in [9.17, 15) is 14.9 Å². The molecule has 136 valence electrons. The number of esters is 1. The standard InChI is InChI=1S/C16H21N3O6/c1-5-18(6-2)9-10(3)23-16(20)14-11(4)25-17-15(14)12-7-8-13(24-12)19(21)22/h7-8,10H,5-6,9H2,1-4H3. The highest BCUT2D eigenvalue weighted by Crippen LogP contribution is 2.30. The average Bonchev–Trinajstić information content (AvgIpc) is 3.18. The van der Waals surface area contributed by atoms with E-state index < -0.39 is 16.8 Å². The minimum Gasteiger partial charge on any atom is -0.458 e. The lowest BCUT2D eigenvalue weighted by Gasteiger charge is -2.22. The summed E-state index contributed by atoms with van der Waals surface area (Å²) < 4.78 is 15.6. The first-order chi connectivity index (χ1) is 11.9. The van der Waals surface area contributed by atoms with Crippen LogP contribution in [0.15, 0.2) is 21.1 Å². The first kappa shape index (κ1) is 18.7. The number of aryl methyl sites for hydroxylation is 1. The molecule has 0 spiro atoms. The van der Waals surface area contributed by atoms with Crippen LogP contribution in [0.1, 0.15) is 36.9 Å². The van der Waals surface area contributed by atoms with E-state index in [2.05, 4.69) is 10.1 Å². The van der Waals surface area contributed by atoms with E-state index in [1.165, 1.54) is 12.1 Å². The number of nitrogens with zero attached hydrogens (tertiary/aromatic N) is 3. The van der Waals surface area contributed by atoms with Gasteiger partial charge in [0.1, 0.15) is 22.4 Å². The van der Waals surface area contributed by atoms with Gasteiger partial charge in [-0.25, -0.2) is 4.79 Å². The summed E-state index contributed by atoms with van der Waals surface area (Å²) in [7, 11) is 0. The molecular formula is C16H21N3O6. The van der Waals surface area contributed by atoms with Gasteiger partial charge >= 0.3 is 11.9 Å². The molecule has 0 aliphatic carbocycles. The minimum atomic E-state index is -0.666. The molecule has 0 aromatic carbocycles. The second-order valence-corrected chi connectivity index (χ2v) is 5.56. The maximum atomic E-state index is 12.5. The smallest absolute Gasteiger partial charge is 0.433 e. The molecule has 1 unspecified atom stereocenters. The first-order valence-corrected chi connectivity index (χ1v) is 8.01. The summed E-state index contributed by atoms with van der Waals surface area (Å²) in [6.07, 6.45) is -0.333. The summed E-state index contributed by atoms with van der Waals surface area (Å²) in [6.45, 7) is 9.74. The van der Waals surface area contributed by atoms with Gasteiger partial charge in [-0.1, -0.05) is 19.0 Å². The Hall–Kier alpha value is -2.68. The molecule has 0 fully saturated rings. The highest BCUT2D eigenvalue weighted by molar-refractivity contribution is 5.96. The Bertz CT molecular complexity index is 747. The maximum absolute atomic E-state index is 12.5. The number of likely N-dealkylation sites (N-methyl/N-ethyl adjacent to an activating group) is 1. The number of ether oxygens (including phenoxy) is 1. The van der Waals surface area contributed by atoms with Crippen molar-refractivity contribution in [2.75, 3.05) is 19.6 Å². The predicted molar refractivity (Wildman–Crippen MR) is 88.3 cm³/mol. The van der Waals surface area contributed by atoms with Gasteiger partial charge in [0, 0.05) is 6.54 Å². The van der Waals surface area contributed by atoms with Crippen LogP contribution in [0.3, 0.4) is 0 Å². The van der Waals surface area contributed by atoms with Gasteiger partial charge in [0.15, 0.2) is 11.5 Å². The fourth-order valence-electron chi connectivity index (χ4n) is 2.46. The molecule has 9 nitrogen and oxygen atoms in total. The molecule has 0 N–H and O–H groups in total. The minimum absolute atomic E-state index is 0.0758. The van der Waals surface area contributed by atoms with Gasteiger partial charge in [-0.3, -0.25) is 10.1 Å². The number of carbonyl (C=O) groups is 1. The quantitative estimate of drug-likeness (QED) is 0.405. The Morgan fingerprint density at radius 3 is 2.64 bits per heavy atom. The highest BCUT2D eigenvalue weighted by Gasteiger charge is 2.27. The van der Waals surface area contributed by atoms with E-state index in [1.54, 1.807) is 13.8 Å². The normalized spacial score (nSPS) is 12.4. The van der Waals surface area contributed by atoms with E-state index in [1.807, 2.05) is 13.8 Å². The number of furan rings is 1. The molecule has 9 heteroatoms. The van der Waals surface area contributed by atoms with Crippen molar-refractivity contribution in [2.45, 2.75) is 33.8 Å². The molecule has 0 radical (unpaired) electrons. The van der Waals surface area contributed by atoms with Crippen LogP contribution in [0, 0.1) is 17.0 Å². The van der Waals surface area contributed by atoms with Crippen LogP contribution in [0.4, 0.5) is 5.88 Å². The Morgan fingerprint density at radius 2 is 2.08 bits per heavy atom. The molecule has 25 heavy (non-hydrogen) atoms. The van der Waals surface area contributed by atoms with Crippen LogP contribution in [0.2, 0.25) is 0 Å². The van der Waals surface area contributed by atoms with Crippen molar-refractivity contribution in [3.63, 3.8) is 0 Å². The van der Waals surface area contributed by atoms with Gasteiger partial charge < -0.3 is 18.6 Å². The fraction of sp³-hybridized carbons (Fsp3) is 0.500. The summed E-state index contributed by atoms with van der Waals surface area (Å²) in [5.41, 5.74) is 0.196.